The molecule has 1 aliphatic heterocycles. The molecular formula is C20H24N2O. The summed E-state index contributed by atoms with van der Waals surface area (Å²) in [5.74, 6) is 0.640. The van der Waals surface area contributed by atoms with Crippen LogP contribution in [0.2, 0.25) is 0 Å². The molecule has 2 aromatic rings. The Morgan fingerprint density at radius 3 is 2.65 bits per heavy atom. The Hall–Kier alpha value is -2.13. The highest BCUT2D eigenvalue weighted by molar-refractivity contribution is 5.72. The van der Waals surface area contributed by atoms with Gasteiger partial charge in [-0.05, 0) is 35.6 Å². The molecule has 0 bridgehead atoms. The number of likely N-dealkylation sites (tertiary alicyclic amines) is 1. The summed E-state index contributed by atoms with van der Waals surface area (Å²) in [5, 5.41) is 2.94. The molecule has 0 saturated carbocycles. The lowest BCUT2D eigenvalue weighted by atomic mass is 9.99. The van der Waals surface area contributed by atoms with E-state index >= 15 is 0 Å². The molecule has 2 aromatic carbocycles. The van der Waals surface area contributed by atoms with Crippen molar-refractivity contribution in [3.8, 4) is 11.1 Å². The average molecular weight is 308 g/mol. The number of nitrogens with zero attached hydrogens (tertiary/aromatic N) is 1. The average Bonchev–Trinajstić information content (AvgIpc) is 3.02. The summed E-state index contributed by atoms with van der Waals surface area (Å²) in [6.45, 7) is 5.52. The molecule has 3 rings (SSSR count). The molecule has 1 atom stereocenters. The van der Waals surface area contributed by atoms with Crippen LogP contribution in [0, 0.1) is 5.92 Å². The maximum atomic E-state index is 11.0. The molecular weight excluding hydrogens is 284 g/mol. The highest BCUT2D eigenvalue weighted by Gasteiger charge is 2.23. The molecule has 1 amide bonds. The number of hydrogen-bond donors (Lipinski definition) is 1. The van der Waals surface area contributed by atoms with Crippen LogP contribution >= 0.6 is 0 Å². The van der Waals surface area contributed by atoms with Gasteiger partial charge in [-0.3, -0.25) is 9.69 Å². The monoisotopic (exact) mass is 308 g/mol. The van der Waals surface area contributed by atoms with E-state index in [0.717, 1.165) is 32.6 Å². The summed E-state index contributed by atoms with van der Waals surface area (Å²) >= 11 is 0. The number of carbonyl (C=O) groups is 1. The molecule has 0 aromatic heterocycles. The van der Waals surface area contributed by atoms with Gasteiger partial charge in [-0.1, -0.05) is 54.6 Å². The Balaban J connectivity index is 1.66. The molecule has 120 valence electrons. The molecule has 1 N–H and O–H groups in total. The lowest BCUT2D eigenvalue weighted by Crippen LogP contribution is -2.29. The van der Waals surface area contributed by atoms with E-state index in [1.54, 1.807) is 6.92 Å². The molecule has 3 nitrogen and oxygen atoms in total. The Morgan fingerprint density at radius 2 is 1.87 bits per heavy atom. The number of rotatable bonds is 5. The largest absolute Gasteiger partial charge is 0.356 e. The third kappa shape index (κ3) is 4.20. The number of nitrogens with one attached hydrogen (secondary N) is 1. The van der Waals surface area contributed by atoms with Gasteiger partial charge in [-0.25, -0.2) is 0 Å². The fourth-order valence-electron chi connectivity index (χ4n) is 3.31. The molecule has 3 heteroatoms. The first-order chi connectivity index (χ1) is 11.2. The maximum Gasteiger partial charge on any atom is 0.216 e. The Morgan fingerprint density at radius 1 is 1.13 bits per heavy atom. The van der Waals surface area contributed by atoms with Crippen molar-refractivity contribution in [2.45, 2.75) is 19.9 Å². The van der Waals surface area contributed by atoms with Crippen LogP contribution in [0.3, 0.4) is 0 Å². The van der Waals surface area contributed by atoms with E-state index < -0.39 is 0 Å². The minimum absolute atomic E-state index is 0.0675. The van der Waals surface area contributed by atoms with Crippen molar-refractivity contribution < 1.29 is 4.79 Å². The summed E-state index contributed by atoms with van der Waals surface area (Å²) in [4.78, 5) is 13.5. The minimum atomic E-state index is 0.0675. The molecule has 23 heavy (non-hydrogen) atoms. The van der Waals surface area contributed by atoms with E-state index in [-0.39, 0.29) is 5.91 Å². The third-order valence-corrected chi connectivity index (χ3v) is 4.51. The van der Waals surface area contributed by atoms with Crippen LogP contribution in [-0.2, 0) is 11.3 Å². The molecule has 1 saturated heterocycles. The van der Waals surface area contributed by atoms with E-state index in [0.29, 0.717) is 5.92 Å². The number of amides is 1. The minimum Gasteiger partial charge on any atom is -0.356 e. The number of hydrogen-bond acceptors (Lipinski definition) is 2. The Bertz CT molecular complexity index is 654. The number of benzene rings is 2. The second kappa shape index (κ2) is 7.42. The quantitative estimate of drug-likeness (QED) is 0.919. The molecule has 1 fully saturated rings. The summed E-state index contributed by atoms with van der Waals surface area (Å²) < 4.78 is 0. The van der Waals surface area contributed by atoms with Crippen molar-refractivity contribution in [2.75, 3.05) is 19.6 Å². The van der Waals surface area contributed by atoms with Gasteiger partial charge in [0.2, 0.25) is 5.91 Å². The second-order valence-corrected chi connectivity index (χ2v) is 6.35. The lowest BCUT2D eigenvalue weighted by Gasteiger charge is -2.19. The van der Waals surface area contributed by atoms with Gasteiger partial charge in [0.05, 0.1) is 0 Å². The van der Waals surface area contributed by atoms with Crippen molar-refractivity contribution in [3.63, 3.8) is 0 Å². The van der Waals surface area contributed by atoms with Gasteiger partial charge >= 0.3 is 0 Å². The Labute approximate surface area is 138 Å². The zero-order valence-electron chi connectivity index (χ0n) is 13.7. The van der Waals surface area contributed by atoms with E-state index in [1.807, 2.05) is 0 Å². The van der Waals surface area contributed by atoms with Crippen LogP contribution in [0.5, 0.6) is 0 Å². The van der Waals surface area contributed by atoms with Gasteiger partial charge < -0.3 is 5.32 Å². The molecule has 1 heterocycles. The highest BCUT2D eigenvalue weighted by Crippen LogP contribution is 2.26. The summed E-state index contributed by atoms with van der Waals surface area (Å²) in [5.41, 5.74) is 3.97. The van der Waals surface area contributed by atoms with Crippen LogP contribution in [-0.4, -0.2) is 30.4 Å². The summed E-state index contributed by atoms with van der Waals surface area (Å²) in [6, 6.07) is 19.2. The third-order valence-electron chi connectivity index (χ3n) is 4.51. The SMILES string of the molecule is CC(=O)NCC1CCN(Cc2ccccc2-c2ccccc2)C1. The van der Waals surface area contributed by atoms with Crippen molar-refractivity contribution in [1.29, 1.82) is 0 Å². The van der Waals surface area contributed by atoms with Gasteiger partial charge in [0.15, 0.2) is 0 Å². The first-order valence-corrected chi connectivity index (χ1v) is 8.32. The molecule has 1 unspecified atom stereocenters. The molecule has 0 spiro atoms. The number of carbonyl (C=O) groups excluding carboxylic acids is 1. The van der Waals surface area contributed by atoms with Crippen LogP contribution in [0.25, 0.3) is 11.1 Å². The van der Waals surface area contributed by atoms with Gasteiger partial charge in [0, 0.05) is 26.6 Å². The fourth-order valence-corrected chi connectivity index (χ4v) is 3.31. The molecule has 0 radical (unpaired) electrons. The van der Waals surface area contributed by atoms with Gasteiger partial charge in [-0.15, -0.1) is 0 Å². The molecule has 1 aliphatic rings. The van der Waals surface area contributed by atoms with Gasteiger partial charge in [0.1, 0.15) is 0 Å². The van der Waals surface area contributed by atoms with Crippen molar-refractivity contribution in [2.24, 2.45) is 5.92 Å². The first kappa shape index (κ1) is 15.8. The molecule has 0 aliphatic carbocycles. The summed E-state index contributed by atoms with van der Waals surface area (Å²) in [6.07, 6.45) is 1.16. The highest BCUT2D eigenvalue weighted by atomic mass is 16.1. The van der Waals surface area contributed by atoms with Crippen molar-refractivity contribution >= 4 is 5.91 Å². The predicted molar refractivity (Wildman–Crippen MR) is 93.9 cm³/mol. The van der Waals surface area contributed by atoms with Crippen molar-refractivity contribution in [1.82, 2.24) is 10.2 Å². The zero-order chi connectivity index (χ0) is 16.1. The zero-order valence-corrected chi connectivity index (χ0v) is 13.7. The van der Waals surface area contributed by atoms with Crippen LogP contribution in [0.15, 0.2) is 54.6 Å². The van der Waals surface area contributed by atoms with Crippen LogP contribution in [0.4, 0.5) is 0 Å². The standard InChI is InChI=1S/C20H24N2O/c1-16(23)21-13-17-11-12-22(14-17)15-19-9-5-6-10-20(19)18-7-3-2-4-8-18/h2-10,17H,11-15H2,1H3,(H,21,23). The van der Waals surface area contributed by atoms with Gasteiger partial charge in [-0.2, -0.15) is 0 Å². The van der Waals surface area contributed by atoms with E-state index in [9.17, 15) is 4.79 Å². The van der Waals surface area contributed by atoms with E-state index in [2.05, 4.69) is 64.8 Å². The first-order valence-electron chi connectivity index (χ1n) is 8.32. The fraction of sp³-hybridized carbons (Fsp3) is 0.350. The second-order valence-electron chi connectivity index (χ2n) is 6.35. The smallest absolute Gasteiger partial charge is 0.216 e. The van der Waals surface area contributed by atoms with Gasteiger partial charge in [0.25, 0.3) is 0 Å². The lowest BCUT2D eigenvalue weighted by molar-refractivity contribution is -0.119. The predicted octanol–water partition coefficient (Wildman–Crippen LogP) is 3.31. The Kier molecular flexibility index (Phi) is 5.09. The van der Waals surface area contributed by atoms with Crippen molar-refractivity contribution in [3.05, 3.63) is 60.2 Å². The van der Waals surface area contributed by atoms with Crippen LogP contribution in [0.1, 0.15) is 18.9 Å². The topological polar surface area (TPSA) is 32.3 Å². The summed E-state index contributed by atoms with van der Waals surface area (Å²) in [7, 11) is 0. The van der Waals surface area contributed by atoms with Crippen LogP contribution < -0.4 is 5.32 Å². The van der Waals surface area contributed by atoms with E-state index in [1.165, 1.54) is 16.7 Å². The normalized spacial score (nSPS) is 18.0. The van der Waals surface area contributed by atoms with E-state index in [4.69, 9.17) is 0 Å². The maximum absolute atomic E-state index is 11.0.